The summed E-state index contributed by atoms with van der Waals surface area (Å²) in [5.74, 6) is 1.13. The molecular weight excluding hydrogens is 574 g/mol. The van der Waals surface area contributed by atoms with Crippen molar-refractivity contribution in [2.45, 2.75) is 12.5 Å². The molecule has 0 saturated carbocycles. The first-order chi connectivity index (χ1) is 21.7. The highest BCUT2D eigenvalue weighted by Gasteiger charge is 2.28. The van der Waals surface area contributed by atoms with Crippen molar-refractivity contribution in [2.24, 2.45) is 0 Å². The van der Waals surface area contributed by atoms with Crippen molar-refractivity contribution in [1.82, 2.24) is 19.1 Å². The molecule has 3 aromatic carbocycles. The van der Waals surface area contributed by atoms with Crippen molar-refractivity contribution in [3.05, 3.63) is 113 Å². The lowest BCUT2D eigenvalue weighted by molar-refractivity contribution is -0.879. The number of carbonyl (C=O) groups excluding carboxylic acids is 1. The van der Waals surface area contributed by atoms with E-state index in [0.29, 0.717) is 59.4 Å². The van der Waals surface area contributed by atoms with Crippen LogP contribution in [0.15, 0.2) is 102 Å². The van der Waals surface area contributed by atoms with Crippen LogP contribution in [0.3, 0.4) is 0 Å². The number of likely N-dealkylation sites (N-methyl/N-ethyl adjacent to an activating group) is 2. The average molecular weight is 608 g/mol. The normalized spacial score (nSPS) is 16.2. The highest BCUT2D eigenvalue weighted by atomic mass is 16.6. The Morgan fingerprint density at radius 3 is 2.56 bits per heavy atom. The molecule has 1 aliphatic heterocycles. The lowest BCUT2D eigenvalue weighted by Gasteiger charge is -2.42. The van der Waals surface area contributed by atoms with Crippen LogP contribution in [0, 0.1) is 5.21 Å². The Bertz CT molecular complexity index is 1910. The zero-order valence-corrected chi connectivity index (χ0v) is 24.9. The lowest BCUT2D eigenvalue weighted by Crippen LogP contribution is -2.47. The van der Waals surface area contributed by atoms with Gasteiger partial charge in [0.2, 0.25) is 0 Å². The van der Waals surface area contributed by atoms with E-state index in [0.717, 1.165) is 0 Å². The molecule has 230 valence electrons. The minimum absolute atomic E-state index is 0.141. The molecule has 0 spiro atoms. The zero-order valence-electron chi connectivity index (χ0n) is 24.9. The first-order valence-corrected chi connectivity index (χ1v) is 14.5. The SMILES string of the molecule is CN(C(=O)/C=C/C[N+](C)([O-])[C@@H]1CCOC1)c1cccc(-n2c(=O)n(-c3ccc(Oc4ccccc4)cc3)c3c(N)ncnc32)c1. The number of aromatic nitrogens is 4. The summed E-state index contributed by atoms with van der Waals surface area (Å²) in [4.78, 5) is 37.0. The van der Waals surface area contributed by atoms with Crippen LogP contribution >= 0.6 is 0 Å². The molecule has 1 saturated heterocycles. The second-order valence-corrected chi connectivity index (χ2v) is 11.0. The average Bonchev–Trinajstić information content (AvgIpc) is 3.69. The van der Waals surface area contributed by atoms with E-state index in [1.807, 2.05) is 30.3 Å². The summed E-state index contributed by atoms with van der Waals surface area (Å²) in [6.07, 6.45) is 5.00. The fourth-order valence-electron chi connectivity index (χ4n) is 5.35. The van der Waals surface area contributed by atoms with Gasteiger partial charge in [-0.15, -0.1) is 0 Å². The number of nitrogen functional groups attached to an aromatic ring is 1. The highest BCUT2D eigenvalue weighted by molar-refractivity contribution is 6.01. The van der Waals surface area contributed by atoms with Gasteiger partial charge in [0.05, 0.1) is 38.2 Å². The lowest BCUT2D eigenvalue weighted by atomic mass is 10.2. The molecule has 6 rings (SSSR count). The van der Waals surface area contributed by atoms with Crippen molar-refractivity contribution in [1.29, 1.82) is 0 Å². The van der Waals surface area contributed by atoms with Crippen molar-refractivity contribution in [3.63, 3.8) is 0 Å². The third-order valence-corrected chi connectivity index (χ3v) is 7.94. The number of ether oxygens (including phenoxy) is 2. The summed E-state index contributed by atoms with van der Waals surface area (Å²) in [5, 5.41) is 12.9. The number of benzene rings is 3. The first-order valence-electron chi connectivity index (χ1n) is 14.5. The van der Waals surface area contributed by atoms with Gasteiger partial charge in [0, 0.05) is 25.2 Å². The largest absolute Gasteiger partial charge is 0.632 e. The van der Waals surface area contributed by atoms with Crippen LogP contribution in [0.1, 0.15) is 6.42 Å². The Labute approximate surface area is 259 Å². The maximum Gasteiger partial charge on any atom is 0.339 e. The third-order valence-electron chi connectivity index (χ3n) is 7.94. The smallest absolute Gasteiger partial charge is 0.339 e. The van der Waals surface area contributed by atoms with Gasteiger partial charge < -0.3 is 30.0 Å². The van der Waals surface area contributed by atoms with Gasteiger partial charge in [-0.1, -0.05) is 24.3 Å². The number of carbonyl (C=O) groups is 1. The Kier molecular flexibility index (Phi) is 8.18. The second kappa shape index (κ2) is 12.4. The molecule has 2 aromatic heterocycles. The molecule has 3 heterocycles. The Hall–Kier alpha value is -5.30. The Balaban J connectivity index is 1.29. The van der Waals surface area contributed by atoms with Crippen molar-refractivity contribution in [3.8, 4) is 22.9 Å². The number of amides is 1. The van der Waals surface area contributed by atoms with Crippen LogP contribution in [-0.2, 0) is 9.53 Å². The molecule has 12 nitrogen and oxygen atoms in total. The minimum Gasteiger partial charge on any atom is -0.632 e. The fourth-order valence-corrected chi connectivity index (χ4v) is 5.35. The van der Waals surface area contributed by atoms with Crippen LogP contribution in [0.25, 0.3) is 22.5 Å². The number of nitrogens with two attached hydrogens (primary N) is 1. The van der Waals surface area contributed by atoms with Gasteiger partial charge in [-0.25, -0.2) is 19.3 Å². The minimum atomic E-state index is -0.496. The molecule has 0 radical (unpaired) electrons. The van der Waals surface area contributed by atoms with E-state index >= 15 is 0 Å². The topological polar surface area (TPSA) is 141 Å². The molecule has 0 bridgehead atoms. The number of quaternary nitrogens is 1. The van der Waals surface area contributed by atoms with Gasteiger partial charge in [0.15, 0.2) is 11.5 Å². The number of anilines is 2. The summed E-state index contributed by atoms with van der Waals surface area (Å²) < 4.78 is 13.6. The molecule has 1 unspecified atom stereocenters. The van der Waals surface area contributed by atoms with Gasteiger partial charge in [-0.2, -0.15) is 0 Å². The predicted octanol–water partition coefficient (Wildman–Crippen LogP) is 4.20. The Morgan fingerprint density at radius 2 is 1.82 bits per heavy atom. The summed E-state index contributed by atoms with van der Waals surface area (Å²) in [6.45, 7) is 1.16. The van der Waals surface area contributed by atoms with Crippen LogP contribution < -0.4 is 21.1 Å². The van der Waals surface area contributed by atoms with E-state index in [9.17, 15) is 14.8 Å². The van der Waals surface area contributed by atoms with Crippen molar-refractivity contribution >= 4 is 28.6 Å². The molecule has 1 fully saturated rings. The zero-order chi connectivity index (χ0) is 31.6. The quantitative estimate of drug-likeness (QED) is 0.149. The van der Waals surface area contributed by atoms with E-state index in [-0.39, 0.29) is 24.3 Å². The van der Waals surface area contributed by atoms with Crippen LogP contribution in [0.4, 0.5) is 11.5 Å². The number of imidazole rings is 1. The van der Waals surface area contributed by atoms with Gasteiger partial charge in [0.25, 0.3) is 5.91 Å². The van der Waals surface area contributed by atoms with Gasteiger partial charge in [-0.3, -0.25) is 9.36 Å². The van der Waals surface area contributed by atoms with E-state index in [1.165, 1.54) is 26.4 Å². The molecule has 5 aromatic rings. The monoisotopic (exact) mass is 607 g/mol. The molecule has 1 amide bonds. The molecule has 2 N–H and O–H groups in total. The van der Waals surface area contributed by atoms with Crippen LogP contribution in [0.5, 0.6) is 11.5 Å². The maximum atomic E-state index is 14.0. The van der Waals surface area contributed by atoms with Gasteiger partial charge in [-0.05, 0) is 60.7 Å². The molecule has 12 heteroatoms. The van der Waals surface area contributed by atoms with Crippen molar-refractivity contribution in [2.75, 3.05) is 44.5 Å². The van der Waals surface area contributed by atoms with Crippen LogP contribution in [-0.4, -0.2) is 69.6 Å². The van der Waals surface area contributed by atoms with E-state index in [1.54, 1.807) is 68.7 Å². The third kappa shape index (κ3) is 6.07. The summed E-state index contributed by atoms with van der Waals surface area (Å²) >= 11 is 0. The molecule has 2 atom stereocenters. The number of fused-ring (bicyclic) bond motifs is 1. The summed E-state index contributed by atoms with van der Waals surface area (Å²) in [6, 6.07) is 23.3. The molecular formula is C33H33N7O5. The predicted molar refractivity (Wildman–Crippen MR) is 172 cm³/mol. The van der Waals surface area contributed by atoms with E-state index in [4.69, 9.17) is 15.2 Å². The van der Waals surface area contributed by atoms with E-state index in [2.05, 4.69) is 9.97 Å². The number of para-hydroxylation sites is 1. The van der Waals surface area contributed by atoms with E-state index < -0.39 is 10.3 Å². The Morgan fingerprint density at radius 1 is 1.07 bits per heavy atom. The number of nitrogens with zero attached hydrogens (tertiary/aromatic N) is 6. The van der Waals surface area contributed by atoms with Gasteiger partial charge in [0.1, 0.15) is 29.4 Å². The number of hydroxylamine groups is 3. The highest BCUT2D eigenvalue weighted by Crippen LogP contribution is 2.27. The number of hydrogen-bond acceptors (Lipinski definition) is 8. The summed E-state index contributed by atoms with van der Waals surface area (Å²) in [5.41, 5.74) is 8.11. The standard InChI is InChI=1S/C33H33N7O5/c1-37(29(41)12-7-18-40(2,43)26-17-19-44-21-26)24-8-6-9-25(20-24)39-32-30(31(34)35-22-36-32)38(33(39)42)23-13-15-28(16-14-23)45-27-10-4-3-5-11-27/h3-16,20,22,26H,17-19,21H2,1-2H3,(H2,34,35,36)/b12-7+/t26-,40?/m1/s1. The molecule has 0 aliphatic carbocycles. The van der Waals surface area contributed by atoms with Gasteiger partial charge >= 0.3 is 5.69 Å². The number of rotatable bonds is 9. The van der Waals surface area contributed by atoms with Crippen LogP contribution in [0.2, 0.25) is 0 Å². The fraction of sp³-hybridized carbons (Fsp3) is 0.212. The first kappa shape index (κ1) is 29.8. The maximum absolute atomic E-state index is 14.0. The summed E-state index contributed by atoms with van der Waals surface area (Å²) in [7, 11) is 3.23. The molecule has 1 aliphatic rings. The number of hydrogen-bond donors (Lipinski definition) is 1. The second-order valence-electron chi connectivity index (χ2n) is 11.0. The van der Waals surface area contributed by atoms with Crippen molar-refractivity contribution < 1.29 is 18.9 Å². The molecule has 45 heavy (non-hydrogen) atoms.